The minimum atomic E-state index is -1.10. The summed E-state index contributed by atoms with van der Waals surface area (Å²) in [5.41, 5.74) is 0. The van der Waals surface area contributed by atoms with E-state index in [0.29, 0.717) is 0 Å². The van der Waals surface area contributed by atoms with Crippen LogP contribution in [0.2, 0.25) is 0 Å². The first-order chi connectivity index (χ1) is 10.3. The van der Waals surface area contributed by atoms with Gasteiger partial charge in [0.1, 0.15) is 6.04 Å². The first-order valence-electron chi connectivity index (χ1n) is 7.66. The van der Waals surface area contributed by atoms with Gasteiger partial charge in [0.25, 0.3) is 0 Å². The molecule has 1 fully saturated rings. The summed E-state index contributed by atoms with van der Waals surface area (Å²) in [5.74, 6) is -1.43. The van der Waals surface area contributed by atoms with Crippen molar-refractivity contribution >= 4 is 17.8 Å². The molecule has 2 atom stereocenters. The van der Waals surface area contributed by atoms with E-state index in [1.54, 1.807) is 21.1 Å². The second kappa shape index (κ2) is 8.12. The zero-order chi connectivity index (χ0) is 16.9. The molecule has 1 aliphatic rings. The van der Waals surface area contributed by atoms with Crippen LogP contribution >= 0.6 is 0 Å². The number of amides is 2. The van der Waals surface area contributed by atoms with E-state index in [-0.39, 0.29) is 30.2 Å². The number of aliphatic carboxylic acids is 1. The van der Waals surface area contributed by atoms with Gasteiger partial charge in [-0.1, -0.05) is 12.8 Å². The first-order valence-corrected chi connectivity index (χ1v) is 7.66. The van der Waals surface area contributed by atoms with Gasteiger partial charge in [0, 0.05) is 21.1 Å². The average molecular weight is 313 g/mol. The van der Waals surface area contributed by atoms with Gasteiger partial charge >= 0.3 is 5.97 Å². The average Bonchev–Trinajstić information content (AvgIpc) is 2.97. The molecule has 2 amide bonds. The molecule has 0 radical (unpaired) electrons. The lowest BCUT2D eigenvalue weighted by atomic mass is 9.96. The Bertz CT molecular complexity index is 419. The Kier molecular flexibility index (Phi) is 6.80. The van der Waals surface area contributed by atoms with Gasteiger partial charge in [-0.15, -0.1) is 0 Å². The molecule has 1 saturated carbocycles. The van der Waals surface area contributed by atoms with Crippen molar-refractivity contribution in [2.75, 3.05) is 28.2 Å². The largest absolute Gasteiger partial charge is 0.481 e. The van der Waals surface area contributed by atoms with E-state index < -0.39 is 12.0 Å². The van der Waals surface area contributed by atoms with Crippen molar-refractivity contribution in [1.82, 2.24) is 15.1 Å². The van der Waals surface area contributed by atoms with Crippen molar-refractivity contribution in [2.45, 2.75) is 44.2 Å². The lowest BCUT2D eigenvalue weighted by Gasteiger charge is -2.33. The fourth-order valence-corrected chi connectivity index (χ4v) is 3.08. The molecule has 7 nitrogen and oxygen atoms in total. The molecule has 1 unspecified atom stereocenters. The van der Waals surface area contributed by atoms with Crippen LogP contribution in [0.4, 0.5) is 0 Å². The smallest absolute Gasteiger partial charge is 0.305 e. The number of carboxylic acid groups (broad SMARTS) is 1. The fraction of sp³-hybridized carbons (Fsp3) is 0.800. The number of hydrogen-bond donors (Lipinski definition) is 2. The predicted octanol–water partition coefficient (Wildman–Crippen LogP) is 0.155. The van der Waals surface area contributed by atoms with Crippen LogP contribution in [0.25, 0.3) is 0 Å². The highest BCUT2D eigenvalue weighted by Gasteiger charge is 2.36. The molecular formula is C15H27N3O4. The topological polar surface area (TPSA) is 90.0 Å². The Labute approximate surface area is 131 Å². The number of carboxylic acids is 1. The Hall–Kier alpha value is -1.63. The summed E-state index contributed by atoms with van der Waals surface area (Å²) < 4.78 is 0. The lowest BCUT2D eigenvalue weighted by molar-refractivity contribution is -0.149. The van der Waals surface area contributed by atoms with Gasteiger partial charge < -0.3 is 20.2 Å². The van der Waals surface area contributed by atoms with E-state index in [9.17, 15) is 14.4 Å². The minimum absolute atomic E-state index is 0.212. The van der Waals surface area contributed by atoms with E-state index in [2.05, 4.69) is 5.32 Å². The highest BCUT2D eigenvalue weighted by atomic mass is 16.4. The first kappa shape index (κ1) is 18.4. The van der Waals surface area contributed by atoms with E-state index in [1.165, 1.54) is 16.8 Å². The fourth-order valence-electron chi connectivity index (χ4n) is 3.08. The SMILES string of the molecule is CNC(C(=O)N(C)[C@@H](CC(=O)O)C(=O)N(C)C)C1CCCC1. The minimum Gasteiger partial charge on any atom is -0.481 e. The number of nitrogens with zero attached hydrogens (tertiary/aromatic N) is 2. The molecule has 1 aliphatic carbocycles. The second-order valence-corrected chi connectivity index (χ2v) is 6.11. The molecule has 2 N–H and O–H groups in total. The van der Waals surface area contributed by atoms with Gasteiger partial charge in [0.05, 0.1) is 12.5 Å². The standard InChI is InChI=1S/C15H27N3O4/c1-16-13(10-7-5-6-8-10)15(22)18(4)11(9-12(19)20)14(21)17(2)3/h10-11,13,16H,5-9H2,1-4H3,(H,19,20)/t11-,13?/m0/s1. The zero-order valence-electron chi connectivity index (χ0n) is 13.8. The maximum absolute atomic E-state index is 12.7. The normalized spacial score (nSPS) is 17.8. The summed E-state index contributed by atoms with van der Waals surface area (Å²) in [4.78, 5) is 38.6. The molecule has 0 bridgehead atoms. The van der Waals surface area contributed by atoms with Crippen molar-refractivity contribution in [2.24, 2.45) is 5.92 Å². The highest BCUT2D eigenvalue weighted by molar-refractivity contribution is 5.92. The van der Waals surface area contributed by atoms with Crippen molar-refractivity contribution in [3.8, 4) is 0 Å². The van der Waals surface area contributed by atoms with Crippen molar-refractivity contribution in [1.29, 1.82) is 0 Å². The van der Waals surface area contributed by atoms with Gasteiger partial charge in [0.15, 0.2) is 0 Å². The van der Waals surface area contributed by atoms with Crippen LogP contribution in [0.5, 0.6) is 0 Å². The van der Waals surface area contributed by atoms with Crippen molar-refractivity contribution in [3.63, 3.8) is 0 Å². The Morgan fingerprint density at radius 1 is 1.14 bits per heavy atom. The van der Waals surface area contributed by atoms with E-state index in [1.807, 2.05) is 0 Å². The third-order valence-electron chi connectivity index (χ3n) is 4.36. The third-order valence-corrected chi connectivity index (χ3v) is 4.36. The van der Waals surface area contributed by atoms with Crippen LogP contribution < -0.4 is 5.32 Å². The lowest BCUT2D eigenvalue weighted by Crippen LogP contribution is -2.55. The summed E-state index contributed by atoms with van der Waals surface area (Å²) in [6.45, 7) is 0. The summed E-state index contributed by atoms with van der Waals surface area (Å²) in [5, 5.41) is 12.1. The molecular weight excluding hydrogens is 286 g/mol. The molecule has 0 aromatic rings. The Morgan fingerprint density at radius 3 is 2.09 bits per heavy atom. The molecule has 22 heavy (non-hydrogen) atoms. The summed E-state index contributed by atoms with van der Waals surface area (Å²) in [6.07, 6.45) is 3.79. The Balaban J connectivity index is 2.90. The van der Waals surface area contributed by atoms with E-state index >= 15 is 0 Å². The Morgan fingerprint density at radius 2 is 1.68 bits per heavy atom. The highest BCUT2D eigenvalue weighted by Crippen LogP contribution is 2.28. The molecule has 126 valence electrons. The molecule has 0 heterocycles. The van der Waals surface area contributed by atoms with Crippen molar-refractivity contribution < 1.29 is 19.5 Å². The van der Waals surface area contributed by atoms with Crippen LogP contribution in [-0.4, -0.2) is 73.0 Å². The number of carbonyl (C=O) groups is 3. The van der Waals surface area contributed by atoms with Gasteiger partial charge in [-0.25, -0.2) is 0 Å². The van der Waals surface area contributed by atoms with Crippen LogP contribution in [0, 0.1) is 5.92 Å². The summed E-state index contributed by atoms with van der Waals surface area (Å²) in [7, 11) is 6.36. The number of hydrogen-bond acceptors (Lipinski definition) is 4. The predicted molar refractivity (Wildman–Crippen MR) is 82.3 cm³/mol. The zero-order valence-corrected chi connectivity index (χ0v) is 13.8. The summed E-state index contributed by atoms with van der Waals surface area (Å²) in [6, 6.07) is -1.34. The van der Waals surface area contributed by atoms with Crippen LogP contribution in [-0.2, 0) is 14.4 Å². The molecule has 7 heteroatoms. The number of rotatable bonds is 7. The quantitative estimate of drug-likeness (QED) is 0.698. The molecule has 0 saturated heterocycles. The monoisotopic (exact) mass is 313 g/mol. The molecule has 0 aromatic carbocycles. The van der Waals surface area contributed by atoms with Gasteiger partial charge in [0.2, 0.25) is 11.8 Å². The number of likely N-dealkylation sites (N-methyl/N-ethyl adjacent to an activating group) is 3. The molecule has 1 rings (SSSR count). The third kappa shape index (κ3) is 4.43. The maximum atomic E-state index is 12.7. The van der Waals surface area contributed by atoms with Gasteiger partial charge in [-0.05, 0) is 25.8 Å². The maximum Gasteiger partial charge on any atom is 0.305 e. The number of carbonyl (C=O) groups excluding carboxylic acids is 2. The van der Waals surface area contributed by atoms with Gasteiger partial charge in [-0.3, -0.25) is 14.4 Å². The van der Waals surface area contributed by atoms with E-state index in [0.717, 1.165) is 25.7 Å². The van der Waals surface area contributed by atoms with Crippen LogP contribution in [0.3, 0.4) is 0 Å². The van der Waals surface area contributed by atoms with Crippen molar-refractivity contribution in [3.05, 3.63) is 0 Å². The molecule has 0 aliphatic heterocycles. The van der Waals surface area contributed by atoms with Crippen LogP contribution in [0.15, 0.2) is 0 Å². The van der Waals surface area contributed by atoms with Crippen LogP contribution in [0.1, 0.15) is 32.1 Å². The number of nitrogens with one attached hydrogen (secondary N) is 1. The summed E-state index contributed by atoms with van der Waals surface area (Å²) >= 11 is 0. The van der Waals surface area contributed by atoms with E-state index in [4.69, 9.17) is 5.11 Å². The molecule has 0 aromatic heterocycles. The molecule has 0 spiro atoms. The second-order valence-electron chi connectivity index (χ2n) is 6.11. The van der Waals surface area contributed by atoms with Gasteiger partial charge in [-0.2, -0.15) is 0 Å².